The molecule has 2 aromatic rings. The number of hydrogen-bond acceptors (Lipinski definition) is 4. The summed E-state index contributed by atoms with van der Waals surface area (Å²) >= 11 is 1.98. The smallest absolute Gasteiger partial charge is 0.335 e. The summed E-state index contributed by atoms with van der Waals surface area (Å²) in [7, 11) is 0. The first kappa shape index (κ1) is 15.2. The molecule has 21 heavy (non-hydrogen) atoms. The zero-order chi connectivity index (χ0) is 15.6. The van der Waals surface area contributed by atoms with Crippen molar-refractivity contribution in [1.29, 1.82) is 0 Å². The molecule has 0 aliphatic carbocycles. The van der Waals surface area contributed by atoms with Crippen molar-refractivity contribution >= 4 is 34.2 Å². The number of rotatable bonds is 4. The maximum Gasteiger partial charge on any atom is 0.335 e. The number of ether oxygens (including phenoxy) is 1. The minimum atomic E-state index is -1.09. The van der Waals surface area contributed by atoms with E-state index in [-0.39, 0.29) is 22.7 Å². The second kappa shape index (κ2) is 6.08. The Hall–Kier alpha value is -2.16. The van der Waals surface area contributed by atoms with E-state index >= 15 is 0 Å². The van der Waals surface area contributed by atoms with E-state index in [1.807, 2.05) is 22.6 Å². The van der Waals surface area contributed by atoms with Crippen LogP contribution in [-0.4, -0.2) is 16.0 Å². The van der Waals surface area contributed by atoms with Crippen LogP contribution in [0.1, 0.15) is 15.9 Å². The molecule has 0 aliphatic heterocycles. The Morgan fingerprint density at radius 1 is 1.24 bits per heavy atom. The number of hydrogen-bond donors (Lipinski definition) is 1. The van der Waals surface area contributed by atoms with Crippen molar-refractivity contribution in [3.63, 3.8) is 0 Å². The van der Waals surface area contributed by atoms with Crippen LogP contribution < -0.4 is 4.74 Å². The van der Waals surface area contributed by atoms with E-state index in [0.29, 0.717) is 3.57 Å². The average Bonchev–Trinajstić information content (AvgIpc) is 2.40. The van der Waals surface area contributed by atoms with Crippen LogP contribution in [0.25, 0.3) is 0 Å². The number of halogens is 1. The fourth-order valence-electron chi connectivity index (χ4n) is 1.69. The number of aromatic carboxylic acids is 1. The van der Waals surface area contributed by atoms with Gasteiger partial charge in [0.05, 0.1) is 14.1 Å². The number of nitrogens with zero attached hydrogens (tertiary/aromatic N) is 1. The molecule has 0 atom stereocenters. The zero-order valence-corrected chi connectivity index (χ0v) is 13.0. The molecule has 0 fully saturated rings. The second-order valence-electron chi connectivity index (χ2n) is 4.28. The molecular weight excluding hydrogens is 389 g/mol. The molecule has 7 heteroatoms. The van der Waals surface area contributed by atoms with Crippen molar-refractivity contribution in [2.75, 3.05) is 0 Å². The molecule has 1 N–H and O–H groups in total. The molecule has 0 amide bonds. The first-order chi connectivity index (χ1) is 9.88. The van der Waals surface area contributed by atoms with E-state index in [4.69, 9.17) is 9.84 Å². The molecule has 0 saturated heterocycles. The minimum absolute atomic E-state index is 0.0562. The number of benzene rings is 2. The Bertz CT molecular complexity index is 729. The van der Waals surface area contributed by atoms with Crippen LogP contribution in [0, 0.1) is 20.6 Å². The first-order valence-electron chi connectivity index (χ1n) is 5.84. The third-order valence-electron chi connectivity index (χ3n) is 2.71. The van der Waals surface area contributed by atoms with Gasteiger partial charge in [0.2, 0.25) is 5.75 Å². The molecule has 0 spiro atoms. The quantitative estimate of drug-likeness (QED) is 0.477. The lowest BCUT2D eigenvalue weighted by Gasteiger charge is -2.09. The lowest BCUT2D eigenvalue weighted by Crippen LogP contribution is -1.99. The monoisotopic (exact) mass is 399 g/mol. The molecule has 2 rings (SSSR count). The van der Waals surface area contributed by atoms with Crippen molar-refractivity contribution < 1.29 is 19.6 Å². The van der Waals surface area contributed by atoms with E-state index < -0.39 is 10.9 Å². The Labute approximate surface area is 133 Å². The predicted octanol–water partition coefficient (Wildman–Crippen LogP) is 4.00. The minimum Gasteiger partial charge on any atom is -0.478 e. The molecule has 0 aliphatic rings. The highest BCUT2D eigenvalue weighted by atomic mass is 127. The van der Waals surface area contributed by atoms with Crippen molar-refractivity contribution in [1.82, 2.24) is 0 Å². The lowest BCUT2D eigenvalue weighted by atomic mass is 10.2. The predicted molar refractivity (Wildman–Crippen MR) is 84.0 cm³/mol. The molecule has 0 bridgehead atoms. The third-order valence-corrected chi connectivity index (χ3v) is 3.60. The van der Waals surface area contributed by atoms with E-state index in [2.05, 4.69) is 0 Å². The van der Waals surface area contributed by atoms with Gasteiger partial charge in [-0.25, -0.2) is 4.79 Å². The molecule has 0 aromatic heterocycles. The summed E-state index contributed by atoms with van der Waals surface area (Å²) in [5, 5.41) is 20.0. The fourth-order valence-corrected chi connectivity index (χ4v) is 2.13. The number of carboxylic acid groups (broad SMARTS) is 1. The Morgan fingerprint density at radius 2 is 1.95 bits per heavy atom. The zero-order valence-electron chi connectivity index (χ0n) is 10.9. The number of carbonyl (C=O) groups is 1. The molecule has 6 nitrogen and oxygen atoms in total. The maximum absolute atomic E-state index is 11.0. The van der Waals surface area contributed by atoms with Crippen LogP contribution in [0.2, 0.25) is 0 Å². The van der Waals surface area contributed by atoms with Crippen molar-refractivity contribution in [3.8, 4) is 11.5 Å². The van der Waals surface area contributed by atoms with Gasteiger partial charge in [0.25, 0.3) is 0 Å². The lowest BCUT2D eigenvalue weighted by molar-refractivity contribution is -0.385. The number of nitro groups is 1. The van der Waals surface area contributed by atoms with E-state index in [1.54, 1.807) is 25.1 Å². The second-order valence-corrected chi connectivity index (χ2v) is 5.44. The fraction of sp³-hybridized carbons (Fsp3) is 0.0714. The van der Waals surface area contributed by atoms with Gasteiger partial charge in [0, 0.05) is 6.07 Å². The Kier molecular flexibility index (Phi) is 4.41. The molecule has 108 valence electrons. The van der Waals surface area contributed by atoms with Crippen LogP contribution in [0.15, 0.2) is 36.4 Å². The summed E-state index contributed by atoms with van der Waals surface area (Å²) < 4.78 is 6.22. The highest BCUT2D eigenvalue weighted by molar-refractivity contribution is 14.1. The average molecular weight is 399 g/mol. The van der Waals surface area contributed by atoms with Gasteiger partial charge in [-0.05, 0) is 59.3 Å². The van der Waals surface area contributed by atoms with Crippen LogP contribution in [-0.2, 0) is 0 Å². The van der Waals surface area contributed by atoms with Gasteiger partial charge in [-0.2, -0.15) is 0 Å². The van der Waals surface area contributed by atoms with Gasteiger partial charge in [0.1, 0.15) is 5.75 Å². The van der Waals surface area contributed by atoms with Crippen LogP contribution in [0.3, 0.4) is 0 Å². The SMILES string of the molecule is Cc1ccc([N+](=O)[O-])c(Oc2cc(C(=O)O)ccc2I)c1. The van der Waals surface area contributed by atoms with Gasteiger partial charge in [-0.3, -0.25) is 10.1 Å². The number of nitro benzene ring substituents is 1. The van der Waals surface area contributed by atoms with E-state index in [0.717, 1.165) is 5.56 Å². The van der Waals surface area contributed by atoms with Gasteiger partial charge >= 0.3 is 11.7 Å². The summed E-state index contributed by atoms with van der Waals surface area (Å²) in [6.45, 7) is 1.79. The Balaban J connectivity index is 2.47. The largest absolute Gasteiger partial charge is 0.478 e. The highest BCUT2D eigenvalue weighted by Crippen LogP contribution is 2.34. The normalized spacial score (nSPS) is 10.2. The summed E-state index contributed by atoms with van der Waals surface area (Å²) in [5.74, 6) is -0.736. The molecule has 0 saturated carbocycles. The van der Waals surface area contributed by atoms with Crippen molar-refractivity contribution in [2.45, 2.75) is 6.92 Å². The topological polar surface area (TPSA) is 89.7 Å². The van der Waals surface area contributed by atoms with Crippen molar-refractivity contribution in [2.24, 2.45) is 0 Å². The number of aryl methyl sites for hydroxylation is 1. The molecule has 0 radical (unpaired) electrons. The van der Waals surface area contributed by atoms with E-state index in [1.165, 1.54) is 18.2 Å². The van der Waals surface area contributed by atoms with Gasteiger partial charge in [-0.1, -0.05) is 6.07 Å². The van der Waals surface area contributed by atoms with Crippen LogP contribution in [0.5, 0.6) is 11.5 Å². The molecule has 2 aromatic carbocycles. The van der Waals surface area contributed by atoms with Gasteiger partial charge < -0.3 is 9.84 Å². The summed E-state index contributed by atoms with van der Waals surface area (Å²) in [5.41, 5.74) is 0.692. The van der Waals surface area contributed by atoms with Crippen LogP contribution >= 0.6 is 22.6 Å². The van der Waals surface area contributed by atoms with Crippen molar-refractivity contribution in [3.05, 3.63) is 61.2 Å². The molecular formula is C14H10INO5. The Morgan fingerprint density at radius 3 is 2.57 bits per heavy atom. The maximum atomic E-state index is 11.0. The van der Waals surface area contributed by atoms with Gasteiger partial charge in [0.15, 0.2) is 0 Å². The first-order valence-corrected chi connectivity index (χ1v) is 6.92. The molecule has 0 heterocycles. The standard InChI is InChI=1S/C14H10INO5/c1-8-2-5-11(16(19)20)13(6-8)21-12-7-9(14(17)18)3-4-10(12)15/h2-7H,1H3,(H,17,18). The number of carboxylic acids is 1. The summed E-state index contributed by atoms with van der Waals surface area (Å²) in [4.78, 5) is 21.5. The third kappa shape index (κ3) is 3.48. The van der Waals surface area contributed by atoms with E-state index in [9.17, 15) is 14.9 Å². The van der Waals surface area contributed by atoms with Gasteiger partial charge in [-0.15, -0.1) is 0 Å². The highest BCUT2D eigenvalue weighted by Gasteiger charge is 2.17. The van der Waals surface area contributed by atoms with Crippen LogP contribution in [0.4, 0.5) is 5.69 Å². The summed E-state index contributed by atoms with van der Waals surface area (Å²) in [6, 6.07) is 8.89. The molecule has 0 unspecified atom stereocenters. The summed E-state index contributed by atoms with van der Waals surface area (Å²) in [6.07, 6.45) is 0.